The summed E-state index contributed by atoms with van der Waals surface area (Å²) < 4.78 is 10.4. The molecule has 0 amide bonds. The molecule has 1 aromatic heterocycles. The van der Waals surface area contributed by atoms with Crippen LogP contribution in [-0.4, -0.2) is 43.4 Å². The highest BCUT2D eigenvalue weighted by atomic mass is 16.5. The van der Waals surface area contributed by atoms with Gasteiger partial charge in [-0.3, -0.25) is 0 Å². The van der Waals surface area contributed by atoms with Crippen LogP contribution in [0, 0.1) is 0 Å². The Balaban J connectivity index is 2.15. The van der Waals surface area contributed by atoms with E-state index in [1.54, 1.807) is 13.2 Å². The van der Waals surface area contributed by atoms with Gasteiger partial charge in [0.25, 0.3) is 0 Å². The van der Waals surface area contributed by atoms with Crippen LogP contribution < -0.4 is 10.6 Å². The van der Waals surface area contributed by atoms with E-state index in [1.165, 1.54) is 0 Å². The van der Waals surface area contributed by atoms with Crippen molar-refractivity contribution in [1.82, 2.24) is 9.97 Å². The maximum atomic E-state index is 5.80. The number of ether oxygens (including phenoxy) is 2. The van der Waals surface area contributed by atoms with Gasteiger partial charge in [0.15, 0.2) is 5.82 Å². The van der Waals surface area contributed by atoms with E-state index in [1.807, 2.05) is 7.05 Å². The molecule has 1 saturated heterocycles. The van der Waals surface area contributed by atoms with Crippen LogP contribution in [-0.2, 0) is 16.1 Å². The van der Waals surface area contributed by atoms with E-state index < -0.39 is 0 Å². The monoisotopic (exact) mass is 252 g/mol. The number of nitrogens with two attached hydrogens (primary N) is 1. The molecule has 100 valence electrons. The van der Waals surface area contributed by atoms with E-state index >= 15 is 0 Å². The Morgan fingerprint density at radius 2 is 2.17 bits per heavy atom. The van der Waals surface area contributed by atoms with E-state index in [2.05, 4.69) is 14.9 Å². The van der Waals surface area contributed by atoms with Crippen molar-refractivity contribution in [2.45, 2.75) is 25.5 Å². The highest BCUT2D eigenvalue weighted by Gasteiger charge is 2.20. The minimum Gasteiger partial charge on any atom is -0.384 e. The van der Waals surface area contributed by atoms with Gasteiger partial charge in [0.1, 0.15) is 18.2 Å². The number of nitrogen functional groups attached to an aromatic ring is 1. The first-order chi connectivity index (χ1) is 8.70. The zero-order valence-corrected chi connectivity index (χ0v) is 10.9. The van der Waals surface area contributed by atoms with Gasteiger partial charge in [-0.25, -0.2) is 9.97 Å². The molecule has 6 nitrogen and oxygen atoms in total. The van der Waals surface area contributed by atoms with Gasteiger partial charge in [-0.2, -0.15) is 0 Å². The van der Waals surface area contributed by atoms with Crippen molar-refractivity contribution in [2.24, 2.45) is 0 Å². The van der Waals surface area contributed by atoms with Crippen LogP contribution in [0.3, 0.4) is 0 Å². The number of anilines is 2. The first-order valence-electron chi connectivity index (χ1n) is 6.13. The number of methoxy groups -OCH3 is 1. The zero-order valence-electron chi connectivity index (χ0n) is 10.9. The summed E-state index contributed by atoms with van der Waals surface area (Å²) in [5, 5.41) is 0. The molecule has 0 radical (unpaired) electrons. The first kappa shape index (κ1) is 13.0. The van der Waals surface area contributed by atoms with Crippen molar-refractivity contribution in [3.05, 3.63) is 11.9 Å². The highest BCUT2D eigenvalue weighted by Crippen LogP contribution is 2.20. The number of aromatic nitrogens is 2. The second-order valence-electron chi connectivity index (χ2n) is 4.45. The number of hydrogen-bond donors (Lipinski definition) is 1. The number of nitrogens with zero attached hydrogens (tertiary/aromatic N) is 3. The second kappa shape index (κ2) is 5.97. The smallest absolute Gasteiger partial charge is 0.158 e. The van der Waals surface area contributed by atoms with Crippen LogP contribution >= 0.6 is 0 Å². The molecule has 0 spiro atoms. The van der Waals surface area contributed by atoms with Crippen LogP contribution in [0.4, 0.5) is 11.6 Å². The van der Waals surface area contributed by atoms with Gasteiger partial charge in [-0.05, 0) is 12.8 Å². The quantitative estimate of drug-likeness (QED) is 0.855. The zero-order chi connectivity index (χ0) is 13.0. The van der Waals surface area contributed by atoms with E-state index in [9.17, 15) is 0 Å². The third-order valence-corrected chi connectivity index (χ3v) is 3.15. The predicted molar refractivity (Wildman–Crippen MR) is 69.4 cm³/mol. The van der Waals surface area contributed by atoms with Crippen molar-refractivity contribution in [1.29, 1.82) is 0 Å². The van der Waals surface area contributed by atoms with Crippen LogP contribution in [0.1, 0.15) is 18.7 Å². The SMILES string of the molecule is COCc1nc(N)cc(N(C)C2CCOCC2)n1. The standard InChI is InChI=1S/C12H20N4O2/c1-16(9-3-5-18-6-4-9)12-7-10(13)14-11(15-12)8-17-2/h7,9H,3-6,8H2,1-2H3,(H2,13,14,15). The van der Waals surface area contributed by atoms with Gasteiger partial charge >= 0.3 is 0 Å². The molecule has 1 aliphatic rings. The van der Waals surface area contributed by atoms with Crippen LogP contribution in [0.15, 0.2) is 6.07 Å². The summed E-state index contributed by atoms with van der Waals surface area (Å²) in [4.78, 5) is 10.8. The summed E-state index contributed by atoms with van der Waals surface area (Å²) >= 11 is 0. The lowest BCUT2D eigenvalue weighted by Gasteiger charge is -2.32. The number of hydrogen-bond acceptors (Lipinski definition) is 6. The summed E-state index contributed by atoms with van der Waals surface area (Å²) in [7, 11) is 3.66. The molecule has 2 heterocycles. The summed E-state index contributed by atoms with van der Waals surface area (Å²) in [6, 6.07) is 2.25. The molecule has 0 bridgehead atoms. The average molecular weight is 252 g/mol. The number of rotatable bonds is 4. The fourth-order valence-corrected chi connectivity index (χ4v) is 2.14. The van der Waals surface area contributed by atoms with Crippen molar-refractivity contribution in [2.75, 3.05) is 38.0 Å². The Hall–Kier alpha value is -1.40. The van der Waals surface area contributed by atoms with Gasteiger partial charge in [-0.1, -0.05) is 0 Å². The van der Waals surface area contributed by atoms with Crippen molar-refractivity contribution in [3.8, 4) is 0 Å². The lowest BCUT2D eigenvalue weighted by atomic mass is 10.1. The van der Waals surface area contributed by atoms with Gasteiger partial charge < -0.3 is 20.1 Å². The summed E-state index contributed by atoms with van der Waals surface area (Å²) in [6.07, 6.45) is 2.03. The first-order valence-corrected chi connectivity index (χ1v) is 6.13. The highest BCUT2D eigenvalue weighted by molar-refractivity contribution is 5.47. The topological polar surface area (TPSA) is 73.5 Å². The van der Waals surface area contributed by atoms with Gasteiger partial charge in [0, 0.05) is 39.5 Å². The largest absolute Gasteiger partial charge is 0.384 e. The Bertz CT molecular complexity index is 394. The van der Waals surface area contributed by atoms with Crippen molar-refractivity contribution in [3.63, 3.8) is 0 Å². The molecule has 0 aliphatic carbocycles. The molecule has 1 aromatic rings. The third kappa shape index (κ3) is 3.08. The Labute approximate surface area is 107 Å². The lowest BCUT2D eigenvalue weighted by Crippen LogP contribution is -2.37. The van der Waals surface area contributed by atoms with Crippen LogP contribution in [0.25, 0.3) is 0 Å². The van der Waals surface area contributed by atoms with E-state index in [4.69, 9.17) is 15.2 Å². The van der Waals surface area contributed by atoms with E-state index in [-0.39, 0.29) is 0 Å². The van der Waals surface area contributed by atoms with Gasteiger partial charge in [0.2, 0.25) is 0 Å². The molecule has 0 saturated carbocycles. The van der Waals surface area contributed by atoms with Crippen molar-refractivity contribution < 1.29 is 9.47 Å². The van der Waals surface area contributed by atoms with Gasteiger partial charge in [0.05, 0.1) is 0 Å². The molecule has 0 atom stereocenters. The molecule has 0 unspecified atom stereocenters. The third-order valence-electron chi connectivity index (χ3n) is 3.15. The molecule has 2 rings (SSSR count). The minimum absolute atomic E-state index is 0.375. The molecule has 1 aliphatic heterocycles. The van der Waals surface area contributed by atoms with Crippen LogP contribution in [0.2, 0.25) is 0 Å². The maximum Gasteiger partial charge on any atom is 0.158 e. The van der Waals surface area contributed by atoms with Crippen molar-refractivity contribution >= 4 is 11.6 Å². The molecule has 2 N–H and O–H groups in total. The van der Waals surface area contributed by atoms with Crippen LogP contribution in [0.5, 0.6) is 0 Å². The normalized spacial score (nSPS) is 16.8. The molecule has 0 aromatic carbocycles. The molecule has 18 heavy (non-hydrogen) atoms. The average Bonchev–Trinajstić information content (AvgIpc) is 2.38. The van der Waals surface area contributed by atoms with Gasteiger partial charge in [-0.15, -0.1) is 0 Å². The summed E-state index contributed by atoms with van der Waals surface area (Å²) in [5.74, 6) is 1.94. The Morgan fingerprint density at radius 1 is 1.44 bits per heavy atom. The molecular formula is C12H20N4O2. The molecule has 6 heteroatoms. The van der Waals surface area contributed by atoms with E-state index in [0.29, 0.717) is 24.3 Å². The fraction of sp³-hybridized carbons (Fsp3) is 0.667. The minimum atomic E-state index is 0.375. The summed E-state index contributed by atoms with van der Waals surface area (Å²) in [5.41, 5.74) is 5.80. The Morgan fingerprint density at radius 3 is 2.83 bits per heavy atom. The maximum absolute atomic E-state index is 5.80. The second-order valence-corrected chi connectivity index (χ2v) is 4.45. The molecule has 1 fully saturated rings. The van der Waals surface area contributed by atoms with E-state index in [0.717, 1.165) is 31.9 Å². The summed E-state index contributed by atoms with van der Waals surface area (Å²) in [6.45, 7) is 1.99. The molecular weight excluding hydrogens is 232 g/mol. The fourth-order valence-electron chi connectivity index (χ4n) is 2.14. The predicted octanol–water partition coefficient (Wildman–Crippen LogP) is 0.820. The Kier molecular flexibility index (Phi) is 4.33. The lowest BCUT2D eigenvalue weighted by molar-refractivity contribution is 0.0853.